The predicted molar refractivity (Wildman–Crippen MR) is 82.5 cm³/mol. The van der Waals surface area contributed by atoms with Gasteiger partial charge in [0.15, 0.2) is 0 Å². The van der Waals surface area contributed by atoms with Gasteiger partial charge in [-0.25, -0.2) is 0 Å². The first kappa shape index (κ1) is 15.4. The Hall–Kier alpha value is -0.980. The maximum absolute atomic E-state index is 10.8. The molecule has 0 bridgehead atoms. The fourth-order valence-corrected chi connectivity index (χ4v) is 3.30. The highest BCUT2D eigenvalue weighted by atomic mass is 79.9. The van der Waals surface area contributed by atoms with Gasteiger partial charge in [-0.1, -0.05) is 22.4 Å². The van der Waals surface area contributed by atoms with Crippen molar-refractivity contribution >= 4 is 21.6 Å². The van der Waals surface area contributed by atoms with Gasteiger partial charge in [-0.05, 0) is 37.9 Å². The predicted octanol–water partition coefficient (Wildman–Crippen LogP) is 3.06. The number of nitrogens with zero attached hydrogens (tertiary/aromatic N) is 2. The number of halogens is 1. The second kappa shape index (κ2) is 6.65. The Balaban J connectivity index is 2.14. The molecule has 1 saturated heterocycles. The summed E-state index contributed by atoms with van der Waals surface area (Å²) >= 11 is 3.44. The van der Waals surface area contributed by atoms with E-state index in [4.69, 9.17) is 5.73 Å². The molecule has 0 spiro atoms. The lowest BCUT2D eigenvalue weighted by Gasteiger charge is -2.38. The van der Waals surface area contributed by atoms with E-state index in [0.29, 0.717) is 6.04 Å². The van der Waals surface area contributed by atoms with Gasteiger partial charge in [0.05, 0.1) is 4.92 Å². The summed E-state index contributed by atoms with van der Waals surface area (Å²) in [6.07, 6.45) is 3.54. The molecule has 1 aliphatic rings. The number of rotatable bonds is 4. The van der Waals surface area contributed by atoms with Crippen LogP contribution in [-0.2, 0) is 6.54 Å². The van der Waals surface area contributed by atoms with Gasteiger partial charge in [-0.15, -0.1) is 0 Å². The number of nitrogens with two attached hydrogens (primary N) is 1. The van der Waals surface area contributed by atoms with Crippen molar-refractivity contribution in [3.05, 3.63) is 38.3 Å². The molecule has 0 saturated carbocycles. The Kier molecular flexibility index (Phi) is 5.12. The molecule has 1 heterocycles. The minimum atomic E-state index is -0.375. The minimum absolute atomic E-state index is 0.114. The van der Waals surface area contributed by atoms with Crippen molar-refractivity contribution in [1.29, 1.82) is 0 Å². The van der Waals surface area contributed by atoms with E-state index in [0.717, 1.165) is 29.5 Å². The normalized spacial score (nSPS) is 21.6. The molecule has 0 aromatic heterocycles. The van der Waals surface area contributed by atoms with Crippen LogP contribution < -0.4 is 5.73 Å². The summed E-state index contributed by atoms with van der Waals surface area (Å²) in [6.45, 7) is 3.87. The highest BCUT2D eigenvalue weighted by Crippen LogP contribution is 2.27. The summed E-state index contributed by atoms with van der Waals surface area (Å²) in [5, 5.41) is 10.8. The van der Waals surface area contributed by atoms with Gasteiger partial charge in [0.2, 0.25) is 0 Å². The molecule has 2 unspecified atom stereocenters. The van der Waals surface area contributed by atoms with Crippen molar-refractivity contribution in [1.82, 2.24) is 4.90 Å². The average Bonchev–Trinajstić information content (AvgIpc) is 2.41. The number of non-ortho nitro benzene ring substituents is 1. The number of nitro benzene ring substituents is 1. The van der Waals surface area contributed by atoms with Gasteiger partial charge in [-0.3, -0.25) is 15.0 Å². The third-order valence-electron chi connectivity index (χ3n) is 3.89. The molecule has 110 valence electrons. The van der Waals surface area contributed by atoms with E-state index < -0.39 is 0 Å². The van der Waals surface area contributed by atoms with Crippen molar-refractivity contribution in [2.75, 3.05) is 6.54 Å². The van der Waals surface area contributed by atoms with Crippen LogP contribution in [-0.4, -0.2) is 28.5 Å². The minimum Gasteiger partial charge on any atom is -0.327 e. The SMILES string of the molecule is CC(N)C1CCCCN1Cc1ccc([N+](=O)[O-])cc1Br. The lowest BCUT2D eigenvalue weighted by atomic mass is 9.96. The number of nitro groups is 1. The van der Waals surface area contributed by atoms with Crippen LogP contribution in [0, 0.1) is 10.1 Å². The van der Waals surface area contributed by atoms with Crippen molar-refractivity contribution in [2.45, 2.75) is 44.8 Å². The summed E-state index contributed by atoms with van der Waals surface area (Å²) in [5.74, 6) is 0. The molecular formula is C14H20BrN3O2. The monoisotopic (exact) mass is 341 g/mol. The fraction of sp³-hybridized carbons (Fsp3) is 0.571. The van der Waals surface area contributed by atoms with Crippen molar-refractivity contribution < 1.29 is 4.92 Å². The second-order valence-electron chi connectivity index (χ2n) is 5.43. The van der Waals surface area contributed by atoms with Crippen LogP contribution in [0.25, 0.3) is 0 Å². The Morgan fingerprint density at radius 1 is 1.55 bits per heavy atom. The zero-order valence-corrected chi connectivity index (χ0v) is 13.2. The highest BCUT2D eigenvalue weighted by molar-refractivity contribution is 9.10. The van der Waals surface area contributed by atoms with Crippen LogP contribution >= 0.6 is 15.9 Å². The summed E-state index contributed by atoms with van der Waals surface area (Å²) in [7, 11) is 0. The number of hydrogen-bond donors (Lipinski definition) is 1. The zero-order chi connectivity index (χ0) is 14.7. The molecule has 1 fully saturated rings. The molecule has 1 aromatic rings. The van der Waals surface area contributed by atoms with Crippen LogP contribution in [0.2, 0.25) is 0 Å². The summed E-state index contributed by atoms with van der Waals surface area (Å²) < 4.78 is 0.792. The first-order valence-corrected chi connectivity index (χ1v) is 7.71. The van der Waals surface area contributed by atoms with Gasteiger partial charge in [-0.2, -0.15) is 0 Å². The Morgan fingerprint density at radius 3 is 2.90 bits per heavy atom. The van der Waals surface area contributed by atoms with E-state index in [9.17, 15) is 10.1 Å². The van der Waals surface area contributed by atoms with Crippen LogP contribution in [0.5, 0.6) is 0 Å². The van der Waals surface area contributed by atoms with Crippen molar-refractivity contribution in [3.63, 3.8) is 0 Å². The molecule has 0 aliphatic carbocycles. The number of likely N-dealkylation sites (tertiary alicyclic amines) is 1. The first-order chi connectivity index (χ1) is 9.49. The quantitative estimate of drug-likeness (QED) is 0.674. The first-order valence-electron chi connectivity index (χ1n) is 6.91. The maximum Gasteiger partial charge on any atom is 0.270 e. The molecule has 0 amide bonds. The van der Waals surface area contributed by atoms with E-state index in [2.05, 4.69) is 20.8 Å². The molecular weight excluding hydrogens is 322 g/mol. The summed E-state index contributed by atoms with van der Waals surface area (Å²) in [4.78, 5) is 12.8. The number of piperidine rings is 1. The van der Waals surface area contributed by atoms with E-state index in [1.807, 2.05) is 13.0 Å². The van der Waals surface area contributed by atoms with Gasteiger partial charge in [0.25, 0.3) is 5.69 Å². The molecule has 20 heavy (non-hydrogen) atoms. The number of benzene rings is 1. The fourth-order valence-electron chi connectivity index (χ4n) is 2.81. The largest absolute Gasteiger partial charge is 0.327 e. The van der Waals surface area contributed by atoms with E-state index in [1.54, 1.807) is 12.1 Å². The van der Waals surface area contributed by atoms with Crippen molar-refractivity contribution in [3.8, 4) is 0 Å². The van der Waals surface area contributed by atoms with E-state index >= 15 is 0 Å². The van der Waals surface area contributed by atoms with E-state index in [-0.39, 0.29) is 16.7 Å². The highest BCUT2D eigenvalue weighted by Gasteiger charge is 2.26. The second-order valence-corrected chi connectivity index (χ2v) is 6.28. The lowest BCUT2D eigenvalue weighted by Crippen LogP contribution is -2.48. The van der Waals surface area contributed by atoms with Gasteiger partial charge < -0.3 is 5.73 Å². The van der Waals surface area contributed by atoms with Gasteiger partial charge >= 0.3 is 0 Å². The van der Waals surface area contributed by atoms with Crippen molar-refractivity contribution in [2.24, 2.45) is 5.73 Å². The van der Waals surface area contributed by atoms with Gasteiger partial charge in [0.1, 0.15) is 0 Å². The van der Waals surface area contributed by atoms with Crippen LogP contribution in [0.1, 0.15) is 31.7 Å². The Bertz CT molecular complexity index is 493. The van der Waals surface area contributed by atoms with Crippen LogP contribution in [0.4, 0.5) is 5.69 Å². The Morgan fingerprint density at radius 2 is 2.30 bits per heavy atom. The third kappa shape index (κ3) is 3.56. The number of hydrogen-bond acceptors (Lipinski definition) is 4. The lowest BCUT2D eigenvalue weighted by molar-refractivity contribution is -0.384. The maximum atomic E-state index is 10.8. The molecule has 2 atom stereocenters. The summed E-state index contributed by atoms with van der Waals surface area (Å²) in [5.41, 5.74) is 7.26. The van der Waals surface area contributed by atoms with Gasteiger partial charge in [0, 0.05) is 35.2 Å². The smallest absolute Gasteiger partial charge is 0.270 e. The molecule has 2 rings (SSSR count). The zero-order valence-electron chi connectivity index (χ0n) is 11.6. The Labute approximate surface area is 127 Å². The molecule has 1 aromatic carbocycles. The standard InChI is InChI=1S/C14H20BrN3O2/c1-10(16)14-4-2-3-7-17(14)9-11-5-6-12(18(19)20)8-13(11)15/h5-6,8,10,14H,2-4,7,9,16H2,1H3. The summed E-state index contributed by atoms with van der Waals surface area (Å²) in [6, 6.07) is 5.50. The van der Waals surface area contributed by atoms with E-state index in [1.165, 1.54) is 12.8 Å². The molecule has 5 nitrogen and oxygen atoms in total. The third-order valence-corrected chi connectivity index (χ3v) is 4.63. The molecule has 2 N–H and O–H groups in total. The molecule has 1 aliphatic heterocycles. The average molecular weight is 342 g/mol. The van der Waals surface area contributed by atoms with Crippen LogP contribution in [0.3, 0.4) is 0 Å². The van der Waals surface area contributed by atoms with Crippen LogP contribution in [0.15, 0.2) is 22.7 Å². The topological polar surface area (TPSA) is 72.4 Å². The molecule has 0 radical (unpaired) electrons. The molecule has 6 heteroatoms.